The van der Waals surface area contributed by atoms with Crippen LogP contribution in [-0.4, -0.2) is 14.7 Å². The standard InChI is InChI=1S/C21H17N3O2/c1-15(16-8-4-2-5-9-16)23-20-13-12-18(24(25)26)14-19(20)21(22-23)17-10-6-3-7-11-17/h2-15H,1H3/t15-/m0/s1. The molecule has 0 unspecified atom stereocenters. The van der Waals surface area contributed by atoms with Crippen molar-refractivity contribution in [3.8, 4) is 11.3 Å². The summed E-state index contributed by atoms with van der Waals surface area (Å²) < 4.78 is 1.94. The number of benzene rings is 3. The molecule has 0 amide bonds. The van der Waals surface area contributed by atoms with Crippen LogP contribution >= 0.6 is 0 Å². The zero-order chi connectivity index (χ0) is 18.1. The molecule has 1 atom stereocenters. The van der Waals surface area contributed by atoms with E-state index in [0.717, 1.165) is 27.7 Å². The minimum atomic E-state index is -0.369. The smallest absolute Gasteiger partial charge is 0.258 e. The van der Waals surface area contributed by atoms with Gasteiger partial charge in [-0.15, -0.1) is 0 Å². The van der Waals surface area contributed by atoms with Gasteiger partial charge in [0.2, 0.25) is 0 Å². The van der Waals surface area contributed by atoms with E-state index < -0.39 is 0 Å². The van der Waals surface area contributed by atoms with Crippen molar-refractivity contribution in [1.82, 2.24) is 9.78 Å². The van der Waals surface area contributed by atoms with Crippen LogP contribution in [0.3, 0.4) is 0 Å². The summed E-state index contributed by atoms with van der Waals surface area (Å²) in [5, 5.41) is 16.8. The number of rotatable bonds is 4. The predicted octanol–water partition coefficient (Wildman–Crippen LogP) is 5.22. The van der Waals surface area contributed by atoms with Crippen molar-refractivity contribution >= 4 is 16.6 Å². The minimum Gasteiger partial charge on any atom is -0.258 e. The van der Waals surface area contributed by atoms with E-state index in [4.69, 9.17) is 5.10 Å². The summed E-state index contributed by atoms with van der Waals surface area (Å²) in [5.41, 5.74) is 3.78. The number of fused-ring (bicyclic) bond motifs is 1. The van der Waals surface area contributed by atoms with Gasteiger partial charge in [-0.2, -0.15) is 5.10 Å². The van der Waals surface area contributed by atoms with Crippen LogP contribution in [0.15, 0.2) is 78.9 Å². The largest absolute Gasteiger partial charge is 0.270 e. The Morgan fingerprint density at radius 1 is 0.962 bits per heavy atom. The quantitative estimate of drug-likeness (QED) is 0.377. The topological polar surface area (TPSA) is 61.0 Å². The average molecular weight is 343 g/mol. The third-order valence-electron chi connectivity index (χ3n) is 4.60. The third kappa shape index (κ3) is 2.73. The molecular formula is C21H17N3O2. The molecule has 0 N–H and O–H groups in total. The van der Waals surface area contributed by atoms with Crippen LogP contribution in [0.1, 0.15) is 18.5 Å². The summed E-state index contributed by atoms with van der Waals surface area (Å²) in [6.07, 6.45) is 0. The number of nitrogens with zero attached hydrogens (tertiary/aromatic N) is 3. The molecule has 128 valence electrons. The molecule has 0 spiro atoms. The van der Waals surface area contributed by atoms with Crippen LogP contribution in [0.4, 0.5) is 5.69 Å². The molecule has 3 aromatic carbocycles. The predicted molar refractivity (Wildman–Crippen MR) is 102 cm³/mol. The fraction of sp³-hybridized carbons (Fsp3) is 0.0952. The van der Waals surface area contributed by atoms with Gasteiger partial charge in [0.1, 0.15) is 5.69 Å². The maximum absolute atomic E-state index is 11.2. The average Bonchev–Trinajstić information content (AvgIpc) is 3.07. The number of aromatic nitrogens is 2. The highest BCUT2D eigenvalue weighted by atomic mass is 16.6. The van der Waals surface area contributed by atoms with Crippen molar-refractivity contribution in [2.75, 3.05) is 0 Å². The maximum Gasteiger partial charge on any atom is 0.270 e. The van der Waals surface area contributed by atoms with Gasteiger partial charge in [0.05, 0.1) is 16.5 Å². The van der Waals surface area contributed by atoms with Crippen molar-refractivity contribution in [2.24, 2.45) is 0 Å². The summed E-state index contributed by atoms with van der Waals surface area (Å²) in [5.74, 6) is 0. The molecule has 1 aromatic heterocycles. The third-order valence-corrected chi connectivity index (χ3v) is 4.60. The molecule has 0 aliphatic rings. The van der Waals surface area contributed by atoms with E-state index in [1.165, 1.54) is 6.07 Å². The van der Waals surface area contributed by atoms with Crippen molar-refractivity contribution in [3.05, 3.63) is 94.5 Å². The molecule has 0 saturated carbocycles. The lowest BCUT2D eigenvalue weighted by atomic mass is 10.1. The Morgan fingerprint density at radius 2 is 1.62 bits per heavy atom. The van der Waals surface area contributed by atoms with Crippen molar-refractivity contribution in [1.29, 1.82) is 0 Å². The van der Waals surface area contributed by atoms with E-state index in [1.807, 2.05) is 53.2 Å². The van der Waals surface area contributed by atoms with E-state index in [2.05, 4.69) is 19.1 Å². The van der Waals surface area contributed by atoms with Gasteiger partial charge in [-0.25, -0.2) is 0 Å². The summed E-state index contributed by atoms with van der Waals surface area (Å²) in [7, 11) is 0. The van der Waals surface area contributed by atoms with Crippen molar-refractivity contribution < 1.29 is 4.92 Å². The van der Waals surface area contributed by atoms with Gasteiger partial charge in [-0.05, 0) is 18.6 Å². The van der Waals surface area contributed by atoms with E-state index in [1.54, 1.807) is 12.1 Å². The molecule has 4 rings (SSSR count). The molecule has 0 bridgehead atoms. The molecule has 4 aromatic rings. The summed E-state index contributed by atoms with van der Waals surface area (Å²) in [4.78, 5) is 10.9. The van der Waals surface area contributed by atoms with Crippen molar-refractivity contribution in [2.45, 2.75) is 13.0 Å². The lowest BCUT2D eigenvalue weighted by molar-refractivity contribution is -0.384. The summed E-state index contributed by atoms with van der Waals surface area (Å²) >= 11 is 0. The van der Waals surface area contributed by atoms with Crippen molar-refractivity contribution in [3.63, 3.8) is 0 Å². The van der Waals surface area contributed by atoms with Gasteiger partial charge >= 0.3 is 0 Å². The molecular weight excluding hydrogens is 326 g/mol. The highest BCUT2D eigenvalue weighted by Crippen LogP contribution is 2.33. The van der Waals surface area contributed by atoms with Crippen LogP contribution in [0, 0.1) is 10.1 Å². The van der Waals surface area contributed by atoms with E-state index in [-0.39, 0.29) is 16.7 Å². The highest BCUT2D eigenvalue weighted by Gasteiger charge is 2.19. The second kappa shape index (κ2) is 6.44. The first kappa shape index (κ1) is 16.0. The van der Waals surface area contributed by atoms with Crippen LogP contribution in [0.25, 0.3) is 22.2 Å². The summed E-state index contributed by atoms with van der Waals surface area (Å²) in [6.45, 7) is 2.08. The molecule has 26 heavy (non-hydrogen) atoms. The van der Waals surface area contributed by atoms with E-state index in [9.17, 15) is 10.1 Å². The number of hydrogen-bond acceptors (Lipinski definition) is 3. The van der Waals surface area contributed by atoms with Gasteiger partial charge in [-0.3, -0.25) is 14.8 Å². The molecule has 5 nitrogen and oxygen atoms in total. The van der Waals surface area contributed by atoms with E-state index >= 15 is 0 Å². The maximum atomic E-state index is 11.2. The first-order chi connectivity index (χ1) is 12.6. The molecule has 5 heteroatoms. The Balaban J connectivity index is 1.96. The van der Waals surface area contributed by atoms with Gasteiger partial charge in [0.15, 0.2) is 0 Å². The number of non-ortho nitro benzene ring substituents is 1. The second-order valence-corrected chi connectivity index (χ2v) is 6.20. The number of nitro groups is 1. The van der Waals surface area contributed by atoms with Crippen LogP contribution in [0.2, 0.25) is 0 Å². The van der Waals surface area contributed by atoms with Gasteiger partial charge in [0.25, 0.3) is 5.69 Å². The zero-order valence-corrected chi connectivity index (χ0v) is 14.2. The Bertz CT molecular complexity index is 1070. The Hall–Kier alpha value is -3.47. The lowest BCUT2D eigenvalue weighted by Gasteiger charge is -2.13. The highest BCUT2D eigenvalue weighted by molar-refractivity contribution is 5.94. The van der Waals surface area contributed by atoms with Crippen LogP contribution in [0.5, 0.6) is 0 Å². The number of hydrogen-bond donors (Lipinski definition) is 0. The molecule has 0 radical (unpaired) electrons. The molecule has 0 fully saturated rings. The zero-order valence-electron chi connectivity index (χ0n) is 14.2. The van der Waals surface area contributed by atoms with Gasteiger partial charge in [-0.1, -0.05) is 60.7 Å². The monoisotopic (exact) mass is 343 g/mol. The van der Waals surface area contributed by atoms with Gasteiger partial charge in [0, 0.05) is 23.1 Å². The normalized spacial score (nSPS) is 12.2. The minimum absolute atomic E-state index is 0.0117. The molecule has 0 aliphatic heterocycles. The molecule has 1 heterocycles. The molecule has 0 saturated heterocycles. The van der Waals surface area contributed by atoms with Gasteiger partial charge < -0.3 is 0 Å². The fourth-order valence-corrected chi connectivity index (χ4v) is 3.22. The Labute approximate surface area is 150 Å². The SMILES string of the molecule is C[C@@H](c1ccccc1)n1nc(-c2ccccc2)c2cc([N+](=O)[O-])ccc21. The fourth-order valence-electron chi connectivity index (χ4n) is 3.22. The lowest BCUT2D eigenvalue weighted by Crippen LogP contribution is -2.08. The second-order valence-electron chi connectivity index (χ2n) is 6.20. The molecule has 0 aliphatic carbocycles. The summed E-state index contributed by atoms with van der Waals surface area (Å²) in [6, 6.07) is 24.8. The first-order valence-electron chi connectivity index (χ1n) is 8.42. The van der Waals surface area contributed by atoms with Crippen LogP contribution in [-0.2, 0) is 0 Å². The number of nitro benzene ring substituents is 1. The Kier molecular flexibility index (Phi) is 3.97. The van der Waals surface area contributed by atoms with E-state index in [0.29, 0.717) is 0 Å². The van der Waals surface area contributed by atoms with Crippen LogP contribution < -0.4 is 0 Å². The first-order valence-corrected chi connectivity index (χ1v) is 8.42. The Morgan fingerprint density at radius 3 is 2.27 bits per heavy atom.